The molecule has 0 radical (unpaired) electrons. The number of aromatic nitrogens is 1. The van der Waals surface area contributed by atoms with Crippen LogP contribution in [0.4, 0.5) is 10.8 Å². The molecular formula is C35H30N6O12S. The highest BCUT2D eigenvalue weighted by Gasteiger charge is 2.60. The van der Waals surface area contributed by atoms with Gasteiger partial charge < -0.3 is 30.1 Å². The molecule has 54 heavy (non-hydrogen) atoms. The van der Waals surface area contributed by atoms with E-state index in [1.54, 1.807) is 60.7 Å². The van der Waals surface area contributed by atoms with Crippen LogP contribution < -0.4 is 11.1 Å². The molecule has 2 aliphatic heterocycles. The summed E-state index contributed by atoms with van der Waals surface area (Å²) in [6.45, 7) is -1.44. The Bertz CT molecular complexity index is 2040. The number of nitrogen functional groups attached to an aromatic ring is 1. The molecule has 1 unspecified atom stereocenters. The topological polar surface area (TPSA) is 241 Å². The maximum atomic E-state index is 14.0. The van der Waals surface area contributed by atoms with Gasteiger partial charge in [-0.3, -0.25) is 29.3 Å². The Morgan fingerprint density at radius 2 is 1.72 bits per heavy atom. The minimum atomic E-state index is -2.30. The van der Waals surface area contributed by atoms with Crippen LogP contribution in [0.25, 0.3) is 0 Å². The van der Waals surface area contributed by atoms with Crippen LogP contribution in [-0.4, -0.2) is 75.4 Å². The van der Waals surface area contributed by atoms with Gasteiger partial charge in [-0.2, -0.15) is 5.06 Å². The van der Waals surface area contributed by atoms with Crippen LogP contribution in [0.3, 0.4) is 0 Å². The highest BCUT2D eigenvalue weighted by Crippen LogP contribution is 2.38. The number of nitrogens with zero attached hydrogens (tertiary/aromatic N) is 4. The van der Waals surface area contributed by atoms with Crippen molar-refractivity contribution in [1.82, 2.24) is 15.4 Å². The van der Waals surface area contributed by atoms with Crippen molar-refractivity contribution >= 4 is 57.6 Å². The summed E-state index contributed by atoms with van der Waals surface area (Å²) >= 11 is 0.980. The summed E-state index contributed by atoms with van der Waals surface area (Å²) < 4.78 is 16.5. The van der Waals surface area contributed by atoms with Crippen LogP contribution in [0.1, 0.15) is 41.3 Å². The van der Waals surface area contributed by atoms with Crippen molar-refractivity contribution < 1.29 is 52.8 Å². The summed E-state index contributed by atoms with van der Waals surface area (Å²) in [5.41, 5.74) is 4.52. The van der Waals surface area contributed by atoms with Crippen molar-refractivity contribution in [2.75, 3.05) is 18.9 Å². The van der Waals surface area contributed by atoms with Crippen molar-refractivity contribution in [3.8, 4) is 0 Å². The average molecular weight is 759 g/mol. The molecule has 2 atom stereocenters. The van der Waals surface area contributed by atoms with Crippen molar-refractivity contribution in [2.24, 2.45) is 5.16 Å². The summed E-state index contributed by atoms with van der Waals surface area (Å²) in [5.74, 6) is -4.64. The molecule has 0 saturated carbocycles. The zero-order valence-electron chi connectivity index (χ0n) is 28.0. The van der Waals surface area contributed by atoms with Gasteiger partial charge in [-0.15, -0.1) is 11.3 Å². The number of thiazole rings is 1. The predicted molar refractivity (Wildman–Crippen MR) is 186 cm³/mol. The van der Waals surface area contributed by atoms with Gasteiger partial charge in [0.15, 0.2) is 16.9 Å². The normalized spacial score (nSPS) is 18.3. The van der Waals surface area contributed by atoms with E-state index in [1.807, 2.05) is 0 Å². The molecule has 2 fully saturated rings. The van der Waals surface area contributed by atoms with Gasteiger partial charge in [0, 0.05) is 23.9 Å². The zero-order valence-corrected chi connectivity index (χ0v) is 28.8. The van der Waals surface area contributed by atoms with Crippen LogP contribution in [0.15, 0.2) is 95.5 Å². The minimum Gasteiger partial charge on any atom is -0.458 e. The van der Waals surface area contributed by atoms with E-state index in [0.29, 0.717) is 21.8 Å². The molecule has 19 heteroatoms. The standard InChI is InChI=1S/C35H30N6O12S/c36-34-38-26(20-54-34)29(39-50-19-28(43)49-17-21-11-13-24(14-12-21)41(47)48)31(44)37-25-18-51-40(32(25)45)35(16-15-27(42)53-35)33(46)52-30(22-7-3-1-4-8-22)23-9-5-2-6-10-23/h1-14,20,25,30H,15-19H2,(H2,36,38)(H,37,44)/b39-29-/t25-,35?/m0/s1. The predicted octanol–water partition coefficient (Wildman–Crippen LogP) is 2.72. The molecule has 0 aliphatic carbocycles. The molecule has 2 amide bonds. The van der Waals surface area contributed by atoms with Gasteiger partial charge in [-0.25, -0.2) is 14.6 Å². The number of hydrogen-bond donors (Lipinski definition) is 2. The summed E-state index contributed by atoms with van der Waals surface area (Å²) in [6.07, 6.45) is -1.45. The molecule has 1 aromatic heterocycles. The van der Waals surface area contributed by atoms with Crippen molar-refractivity contribution in [3.63, 3.8) is 0 Å². The number of non-ortho nitro benzene ring substituents is 1. The van der Waals surface area contributed by atoms with Gasteiger partial charge in [-0.1, -0.05) is 65.8 Å². The van der Waals surface area contributed by atoms with Gasteiger partial charge in [0.1, 0.15) is 24.9 Å². The first-order chi connectivity index (χ1) is 26.0. The number of nitrogens with one attached hydrogen (secondary N) is 1. The molecule has 4 aromatic rings. The number of esters is 3. The van der Waals surface area contributed by atoms with E-state index in [4.69, 9.17) is 29.6 Å². The SMILES string of the molecule is Nc1nc(/C(=N/OCC(=O)OCc2ccc([N+](=O)[O-])cc2)C(=O)N[C@H]2CON(C3(C(=O)OC(c4ccccc4)c4ccccc4)CCC(=O)O3)C2=O)cs1. The van der Waals surface area contributed by atoms with Crippen LogP contribution >= 0.6 is 11.3 Å². The third kappa shape index (κ3) is 8.32. The maximum absolute atomic E-state index is 14.0. The van der Waals surface area contributed by atoms with Gasteiger partial charge in [0.05, 0.1) is 11.3 Å². The van der Waals surface area contributed by atoms with Gasteiger partial charge in [0.2, 0.25) is 6.61 Å². The first-order valence-electron chi connectivity index (χ1n) is 16.1. The number of benzene rings is 3. The smallest absolute Gasteiger partial charge is 0.376 e. The molecule has 18 nitrogen and oxygen atoms in total. The van der Waals surface area contributed by atoms with Gasteiger partial charge in [0.25, 0.3) is 17.5 Å². The Hall–Kier alpha value is -6.73. The number of anilines is 1. The maximum Gasteiger partial charge on any atom is 0.376 e. The number of oxime groups is 1. The lowest BCUT2D eigenvalue weighted by Crippen LogP contribution is -2.57. The summed E-state index contributed by atoms with van der Waals surface area (Å²) in [7, 11) is 0. The van der Waals surface area contributed by atoms with E-state index < -0.39 is 71.4 Å². The van der Waals surface area contributed by atoms with E-state index in [-0.39, 0.29) is 36.0 Å². The van der Waals surface area contributed by atoms with Crippen molar-refractivity contribution in [3.05, 3.63) is 123 Å². The second-order valence-electron chi connectivity index (χ2n) is 11.7. The number of ether oxygens (including phenoxy) is 3. The first-order valence-corrected chi connectivity index (χ1v) is 17.0. The lowest BCUT2D eigenvalue weighted by atomic mass is 10.0. The fourth-order valence-electron chi connectivity index (χ4n) is 5.42. The van der Waals surface area contributed by atoms with E-state index in [0.717, 1.165) is 11.3 Å². The third-order valence-electron chi connectivity index (χ3n) is 8.07. The number of cyclic esters (lactones) is 1. The summed E-state index contributed by atoms with van der Waals surface area (Å²) in [4.78, 5) is 91.0. The lowest BCUT2D eigenvalue weighted by molar-refractivity contribution is -0.384. The highest BCUT2D eigenvalue weighted by atomic mass is 32.1. The fraction of sp³-hybridized carbons (Fsp3) is 0.229. The number of hydroxylamine groups is 2. The second kappa shape index (κ2) is 16.3. The van der Waals surface area contributed by atoms with Crippen molar-refractivity contribution in [1.29, 1.82) is 0 Å². The molecule has 2 saturated heterocycles. The largest absolute Gasteiger partial charge is 0.458 e. The Labute approximate surface area is 309 Å². The van der Waals surface area contributed by atoms with E-state index in [2.05, 4.69) is 15.5 Å². The zero-order chi connectivity index (χ0) is 38.2. The van der Waals surface area contributed by atoms with E-state index in [1.165, 1.54) is 29.6 Å². The Balaban J connectivity index is 1.14. The van der Waals surface area contributed by atoms with Crippen LogP contribution in [0.2, 0.25) is 0 Å². The second-order valence-corrected chi connectivity index (χ2v) is 12.6. The Morgan fingerprint density at radius 3 is 2.30 bits per heavy atom. The lowest BCUT2D eigenvalue weighted by Gasteiger charge is -2.34. The molecule has 3 aromatic carbocycles. The third-order valence-corrected chi connectivity index (χ3v) is 8.74. The van der Waals surface area contributed by atoms with Crippen LogP contribution in [0, 0.1) is 10.1 Å². The van der Waals surface area contributed by atoms with Crippen molar-refractivity contribution in [2.45, 2.75) is 37.3 Å². The molecular weight excluding hydrogens is 728 g/mol. The number of carbonyl (C=O) groups excluding carboxylic acids is 5. The number of carbonyl (C=O) groups is 5. The highest BCUT2D eigenvalue weighted by molar-refractivity contribution is 7.13. The summed E-state index contributed by atoms with van der Waals surface area (Å²) in [6, 6.07) is 21.6. The number of hydrogen-bond acceptors (Lipinski definition) is 16. The first kappa shape index (κ1) is 37.0. The van der Waals surface area contributed by atoms with Gasteiger partial charge >= 0.3 is 23.6 Å². The Kier molecular flexibility index (Phi) is 11.2. The van der Waals surface area contributed by atoms with E-state index >= 15 is 0 Å². The monoisotopic (exact) mass is 758 g/mol. The molecule has 3 N–H and O–H groups in total. The van der Waals surface area contributed by atoms with E-state index in [9.17, 15) is 34.1 Å². The number of nitrogens with two attached hydrogens (primary N) is 1. The molecule has 0 bridgehead atoms. The van der Waals surface area contributed by atoms with Crippen LogP contribution in [0.5, 0.6) is 0 Å². The number of nitro benzene ring substituents is 1. The molecule has 6 rings (SSSR count). The summed E-state index contributed by atoms with van der Waals surface area (Å²) in [5, 5.41) is 19.1. The number of rotatable bonds is 14. The molecule has 3 heterocycles. The average Bonchev–Trinajstić information content (AvgIpc) is 3.90. The van der Waals surface area contributed by atoms with Gasteiger partial charge in [-0.05, 0) is 28.8 Å². The molecule has 0 spiro atoms. The Morgan fingerprint density at radius 1 is 1.06 bits per heavy atom. The molecule has 2 aliphatic rings. The molecule has 278 valence electrons. The minimum absolute atomic E-state index is 0.0462. The van der Waals surface area contributed by atoms with Crippen LogP contribution in [-0.2, 0) is 54.5 Å². The number of amides is 2. The fourth-order valence-corrected chi connectivity index (χ4v) is 5.97. The quantitative estimate of drug-likeness (QED) is 0.0618. The number of nitro groups is 1.